The SMILES string of the molecule is OCc1cnccc1OCc1ccco1. The van der Waals surface area contributed by atoms with Crippen molar-refractivity contribution in [2.24, 2.45) is 0 Å². The summed E-state index contributed by atoms with van der Waals surface area (Å²) in [5, 5.41) is 9.03. The normalized spacial score (nSPS) is 10.2. The molecule has 0 atom stereocenters. The summed E-state index contributed by atoms with van der Waals surface area (Å²) in [5.74, 6) is 1.37. The second kappa shape index (κ2) is 4.61. The zero-order valence-corrected chi connectivity index (χ0v) is 8.09. The fraction of sp³-hybridized carbons (Fsp3) is 0.182. The van der Waals surface area contributed by atoms with Crippen LogP contribution in [0.2, 0.25) is 0 Å². The Kier molecular flexibility index (Phi) is 2.99. The van der Waals surface area contributed by atoms with E-state index in [9.17, 15) is 0 Å². The Morgan fingerprint density at radius 3 is 3.07 bits per heavy atom. The Morgan fingerprint density at radius 1 is 1.40 bits per heavy atom. The van der Waals surface area contributed by atoms with E-state index in [1.165, 1.54) is 0 Å². The molecule has 1 N–H and O–H groups in total. The highest BCUT2D eigenvalue weighted by Crippen LogP contribution is 2.17. The predicted octanol–water partition coefficient (Wildman–Crippen LogP) is 1.75. The van der Waals surface area contributed by atoms with Gasteiger partial charge in [0, 0.05) is 18.0 Å². The second-order valence-electron chi connectivity index (χ2n) is 3.01. The first-order chi connectivity index (χ1) is 7.40. The van der Waals surface area contributed by atoms with Crippen molar-refractivity contribution in [2.45, 2.75) is 13.2 Å². The van der Waals surface area contributed by atoms with E-state index >= 15 is 0 Å². The topological polar surface area (TPSA) is 55.5 Å². The molecule has 0 aromatic carbocycles. The van der Waals surface area contributed by atoms with Crippen molar-refractivity contribution >= 4 is 0 Å². The smallest absolute Gasteiger partial charge is 0.146 e. The zero-order chi connectivity index (χ0) is 10.5. The lowest BCUT2D eigenvalue weighted by atomic mass is 10.3. The van der Waals surface area contributed by atoms with E-state index < -0.39 is 0 Å². The number of furan rings is 1. The summed E-state index contributed by atoms with van der Waals surface area (Å²) in [4.78, 5) is 3.90. The van der Waals surface area contributed by atoms with E-state index in [1.807, 2.05) is 6.07 Å². The highest BCUT2D eigenvalue weighted by atomic mass is 16.5. The second-order valence-corrected chi connectivity index (χ2v) is 3.01. The Balaban J connectivity index is 2.04. The molecule has 2 aromatic heterocycles. The summed E-state index contributed by atoms with van der Waals surface area (Å²) in [5.41, 5.74) is 0.670. The predicted molar refractivity (Wildman–Crippen MR) is 53.2 cm³/mol. The van der Waals surface area contributed by atoms with Crippen LogP contribution in [0.25, 0.3) is 0 Å². The van der Waals surface area contributed by atoms with Gasteiger partial charge in [-0.1, -0.05) is 0 Å². The van der Waals surface area contributed by atoms with Crippen molar-refractivity contribution in [3.05, 3.63) is 48.2 Å². The fourth-order valence-electron chi connectivity index (χ4n) is 1.22. The van der Waals surface area contributed by atoms with Gasteiger partial charge in [0.25, 0.3) is 0 Å². The monoisotopic (exact) mass is 205 g/mol. The van der Waals surface area contributed by atoms with Crippen molar-refractivity contribution in [1.82, 2.24) is 4.98 Å². The van der Waals surface area contributed by atoms with E-state index in [-0.39, 0.29) is 6.61 Å². The van der Waals surface area contributed by atoms with Gasteiger partial charge < -0.3 is 14.3 Å². The number of aliphatic hydroxyl groups is 1. The number of nitrogens with zero attached hydrogens (tertiary/aromatic N) is 1. The maximum Gasteiger partial charge on any atom is 0.146 e. The molecule has 78 valence electrons. The van der Waals surface area contributed by atoms with Crippen LogP contribution in [-0.2, 0) is 13.2 Å². The number of aliphatic hydroxyl groups excluding tert-OH is 1. The molecule has 0 spiro atoms. The molecule has 0 saturated carbocycles. The van der Waals surface area contributed by atoms with Crippen LogP contribution in [0.4, 0.5) is 0 Å². The van der Waals surface area contributed by atoms with E-state index in [0.717, 1.165) is 5.76 Å². The third-order valence-corrected chi connectivity index (χ3v) is 1.98. The molecule has 0 unspecified atom stereocenters. The summed E-state index contributed by atoms with van der Waals surface area (Å²) in [6.07, 6.45) is 4.80. The van der Waals surface area contributed by atoms with Gasteiger partial charge in [-0.3, -0.25) is 4.98 Å². The average Bonchev–Trinajstić information content (AvgIpc) is 2.79. The molecule has 0 saturated heterocycles. The van der Waals surface area contributed by atoms with Crippen LogP contribution in [0.3, 0.4) is 0 Å². The Hall–Kier alpha value is -1.81. The summed E-state index contributed by atoms with van der Waals surface area (Å²) in [6.45, 7) is 0.269. The van der Waals surface area contributed by atoms with Gasteiger partial charge in [0.15, 0.2) is 0 Å². The Morgan fingerprint density at radius 2 is 2.33 bits per heavy atom. The highest BCUT2D eigenvalue weighted by Gasteiger charge is 2.03. The van der Waals surface area contributed by atoms with E-state index in [2.05, 4.69) is 4.98 Å². The minimum Gasteiger partial charge on any atom is -0.485 e. The van der Waals surface area contributed by atoms with Crippen LogP contribution >= 0.6 is 0 Å². The van der Waals surface area contributed by atoms with Crippen LogP contribution in [0.15, 0.2) is 41.3 Å². The highest BCUT2D eigenvalue weighted by molar-refractivity contribution is 5.29. The Bertz CT molecular complexity index is 412. The van der Waals surface area contributed by atoms with E-state index in [0.29, 0.717) is 17.9 Å². The van der Waals surface area contributed by atoms with Crippen molar-refractivity contribution in [1.29, 1.82) is 0 Å². The van der Waals surface area contributed by atoms with Crippen LogP contribution in [-0.4, -0.2) is 10.1 Å². The van der Waals surface area contributed by atoms with Gasteiger partial charge in [0.05, 0.1) is 12.9 Å². The lowest BCUT2D eigenvalue weighted by Crippen LogP contribution is -1.98. The van der Waals surface area contributed by atoms with Crippen molar-refractivity contribution in [2.75, 3.05) is 0 Å². The molecule has 0 amide bonds. The minimum absolute atomic E-state index is 0.0820. The first-order valence-corrected chi connectivity index (χ1v) is 4.59. The molecule has 4 nitrogen and oxygen atoms in total. The van der Waals surface area contributed by atoms with Gasteiger partial charge in [-0.05, 0) is 18.2 Å². The van der Waals surface area contributed by atoms with Crippen LogP contribution < -0.4 is 4.74 Å². The molecule has 4 heteroatoms. The summed E-state index contributed by atoms with van der Waals surface area (Å²) in [6, 6.07) is 5.35. The molecule has 2 heterocycles. The molecule has 0 fully saturated rings. The first kappa shape index (κ1) is 9.73. The van der Waals surface area contributed by atoms with Gasteiger partial charge in [-0.2, -0.15) is 0 Å². The van der Waals surface area contributed by atoms with E-state index in [1.54, 1.807) is 30.8 Å². The average molecular weight is 205 g/mol. The molecule has 15 heavy (non-hydrogen) atoms. The summed E-state index contributed by atoms with van der Waals surface area (Å²) in [7, 11) is 0. The quantitative estimate of drug-likeness (QED) is 0.826. The van der Waals surface area contributed by atoms with Crippen molar-refractivity contribution in [3.63, 3.8) is 0 Å². The summed E-state index contributed by atoms with van der Waals surface area (Å²) < 4.78 is 10.6. The molecule has 0 bridgehead atoms. The van der Waals surface area contributed by atoms with Gasteiger partial charge in [0.1, 0.15) is 18.1 Å². The fourth-order valence-corrected chi connectivity index (χ4v) is 1.22. The molecule has 2 rings (SSSR count). The van der Waals surface area contributed by atoms with Gasteiger partial charge in [-0.15, -0.1) is 0 Å². The lowest BCUT2D eigenvalue weighted by Gasteiger charge is -2.07. The molecule has 2 aromatic rings. The lowest BCUT2D eigenvalue weighted by molar-refractivity contribution is 0.244. The maximum absolute atomic E-state index is 9.03. The van der Waals surface area contributed by atoms with E-state index in [4.69, 9.17) is 14.3 Å². The van der Waals surface area contributed by atoms with Crippen LogP contribution in [0.1, 0.15) is 11.3 Å². The van der Waals surface area contributed by atoms with Gasteiger partial charge in [-0.25, -0.2) is 0 Å². The van der Waals surface area contributed by atoms with Crippen LogP contribution in [0.5, 0.6) is 5.75 Å². The van der Waals surface area contributed by atoms with Crippen LogP contribution in [0, 0.1) is 0 Å². The molecule has 0 radical (unpaired) electrons. The van der Waals surface area contributed by atoms with Crippen molar-refractivity contribution < 1.29 is 14.3 Å². The zero-order valence-electron chi connectivity index (χ0n) is 8.09. The number of aromatic nitrogens is 1. The largest absolute Gasteiger partial charge is 0.485 e. The molecule has 0 aliphatic rings. The molecule has 0 aliphatic carbocycles. The first-order valence-electron chi connectivity index (χ1n) is 4.59. The molecular formula is C11H11NO3. The number of rotatable bonds is 4. The van der Waals surface area contributed by atoms with Crippen molar-refractivity contribution in [3.8, 4) is 5.75 Å². The summed E-state index contributed by atoms with van der Waals surface area (Å²) >= 11 is 0. The minimum atomic E-state index is -0.0820. The van der Waals surface area contributed by atoms with Gasteiger partial charge >= 0.3 is 0 Å². The molecular weight excluding hydrogens is 194 g/mol. The number of pyridine rings is 1. The standard InChI is InChI=1S/C11H11NO3/c13-7-9-6-12-4-3-11(9)15-8-10-2-1-5-14-10/h1-6,13H,7-8H2. The third-order valence-electron chi connectivity index (χ3n) is 1.98. The third kappa shape index (κ3) is 2.35. The Labute approximate surface area is 87.1 Å². The number of hydrogen-bond donors (Lipinski definition) is 1. The van der Waals surface area contributed by atoms with Gasteiger partial charge in [0.2, 0.25) is 0 Å². The maximum atomic E-state index is 9.03. The number of ether oxygens (including phenoxy) is 1. The number of hydrogen-bond acceptors (Lipinski definition) is 4. The molecule has 0 aliphatic heterocycles.